The zero-order valence-corrected chi connectivity index (χ0v) is 8.51. The summed E-state index contributed by atoms with van der Waals surface area (Å²) in [4.78, 5) is 0. The summed E-state index contributed by atoms with van der Waals surface area (Å²) in [5.41, 5.74) is 0.521. The molecule has 0 aliphatic heterocycles. The Hall–Kier alpha value is -0.520. The Morgan fingerprint density at radius 2 is 2.33 bits per heavy atom. The van der Waals surface area contributed by atoms with Crippen molar-refractivity contribution >= 4 is 0 Å². The van der Waals surface area contributed by atoms with E-state index in [1.165, 1.54) is 6.42 Å². The molecule has 3 unspecified atom stereocenters. The highest BCUT2D eigenvalue weighted by Crippen LogP contribution is 2.58. The van der Waals surface area contributed by atoms with Crippen LogP contribution in [0.2, 0.25) is 0 Å². The molecule has 0 heterocycles. The molecular formula is C12H20. The van der Waals surface area contributed by atoms with E-state index in [2.05, 4.69) is 45.6 Å². The minimum atomic E-state index is 0.521. The lowest BCUT2D eigenvalue weighted by Crippen LogP contribution is -2.07. The Morgan fingerprint density at radius 3 is 2.83 bits per heavy atom. The van der Waals surface area contributed by atoms with E-state index in [0.717, 1.165) is 12.3 Å². The van der Waals surface area contributed by atoms with Gasteiger partial charge in [-0.05, 0) is 30.1 Å². The summed E-state index contributed by atoms with van der Waals surface area (Å²) < 4.78 is 0. The molecular weight excluding hydrogens is 144 g/mol. The fourth-order valence-corrected chi connectivity index (χ4v) is 1.80. The highest BCUT2D eigenvalue weighted by molar-refractivity contribution is 5.14. The molecule has 0 aromatic rings. The highest BCUT2D eigenvalue weighted by atomic mass is 14.5. The van der Waals surface area contributed by atoms with Crippen molar-refractivity contribution in [3.05, 3.63) is 24.8 Å². The molecule has 1 aliphatic rings. The molecule has 0 aromatic heterocycles. The second-order valence-electron chi connectivity index (χ2n) is 4.18. The second-order valence-corrected chi connectivity index (χ2v) is 4.18. The van der Waals surface area contributed by atoms with Crippen LogP contribution in [0.4, 0.5) is 0 Å². The summed E-state index contributed by atoms with van der Waals surface area (Å²) in [7, 11) is 0. The first-order valence-electron chi connectivity index (χ1n) is 4.94. The lowest BCUT2D eigenvalue weighted by Gasteiger charge is -2.14. The van der Waals surface area contributed by atoms with Gasteiger partial charge in [-0.2, -0.15) is 0 Å². The molecule has 1 rings (SSSR count). The van der Waals surface area contributed by atoms with Crippen molar-refractivity contribution in [1.29, 1.82) is 0 Å². The molecule has 0 radical (unpaired) electrons. The van der Waals surface area contributed by atoms with E-state index in [1.54, 1.807) is 0 Å². The van der Waals surface area contributed by atoms with Gasteiger partial charge in [-0.25, -0.2) is 0 Å². The predicted octanol–water partition coefficient (Wildman–Crippen LogP) is 3.80. The van der Waals surface area contributed by atoms with Crippen LogP contribution < -0.4 is 0 Å². The number of rotatable bonds is 4. The molecule has 0 aromatic carbocycles. The van der Waals surface area contributed by atoms with Crippen LogP contribution in [0.5, 0.6) is 0 Å². The first kappa shape index (κ1) is 9.57. The molecule has 0 N–H and O–H groups in total. The number of hydrogen-bond acceptors (Lipinski definition) is 0. The van der Waals surface area contributed by atoms with E-state index in [4.69, 9.17) is 0 Å². The summed E-state index contributed by atoms with van der Waals surface area (Å²) in [6, 6.07) is 0. The van der Waals surface area contributed by atoms with Crippen LogP contribution in [0.25, 0.3) is 0 Å². The Kier molecular flexibility index (Phi) is 2.76. The maximum atomic E-state index is 3.86. The largest absolute Gasteiger partial charge is 0.103 e. The van der Waals surface area contributed by atoms with E-state index in [1.807, 2.05) is 0 Å². The fraction of sp³-hybridized carbons (Fsp3) is 0.667. The molecule has 1 fully saturated rings. The van der Waals surface area contributed by atoms with Crippen molar-refractivity contribution in [2.45, 2.75) is 33.6 Å². The van der Waals surface area contributed by atoms with Crippen LogP contribution in [0, 0.1) is 17.3 Å². The van der Waals surface area contributed by atoms with Crippen LogP contribution >= 0.6 is 0 Å². The van der Waals surface area contributed by atoms with Crippen molar-refractivity contribution in [2.75, 3.05) is 0 Å². The second kappa shape index (κ2) is 3.47. The van der Waals surface area contributed by atoms with Gasteiger partial charge in [-0.1, -0.05) is 39.0 Å². The van der Waals surface area contributed by atoms with Crippen LogP contribution in [0.15, 0.2) is 24.8 Å². The third-order valence-electron chi connectivity index (χ3n) is 3.34. The first-order valence-corrected chi connectivity index (χ1v) is 4.94. The van der Waals surface area contributed by atoms with Gasteiger partial charge in [0.05, 0.1) is 0 Å². The predicted molar refractivity (Wildman–Crippen MR) is 55.0 cm³/mol. The molecule has 0 amide bonds. The standard InChI is InChI=1S/C12H20/c1-5-7-8-11-9-12(11,4)10(3)6-2/h6-8,10-11H,2,5,9H2,1,3-4H3. The highest BCUT2D eigenvalue weighted by Gasteiger charge is 2.50. The maximum absolute atomic E-state index is 3.86. The van der Waals surface area contributed by atoms with Crippen LogP contribution in [-0.4, -0.2) is 0 Å². The van der Waals surface area contributed by atoms with Gasteiger partial charge in [0.15, 0.2) is 0 Å². The first-order chi connectivity index (χ1) is 5.65. The fourth-order valence-electron chi connectivity index (χ4n) is 1.80. The summed E-state index contributed by atoms with van der Waals surface area (Å²) in [5, 5.41) is 0. The minimum Gasteiger partial charge on any atom is -0.103 e. The molecule has 3 atom stereocenters. The molecule has 0 nitrogen and oxygen atoms in total. The van der Waals surface area contributed by atoms with Gasteiger partial charge in [0.25, 0.3) is 0 Å². The van der Waals surface area contributed by atoms with Gasteiger partial charge in [0, 0.05) is 0 Å². The average Bonchev–Trinajstić information content (AvgIpc) is 2.74. The normalized spacial score (nSPS) is 36.8. The van der Waals surface area contributed by atoms with Gasteiger partial charge in [0.1, 0.15) is 0 Å². The van der Waals surface area contributed by atoms with Gasteiger partial charge in [-0.15, -0.1) is 6.58 Å². The summed E-state index contributed by atoms with van der Waals surface area (Å²) in [6.07, 6.45) is 9.25. The molecule has 0 saturated heterocycles. The lowest BCUT2D eigenvalue weighted by molar-refractivity contribution is 0.415. The van der Waals surface area contributed by atoms with Gasteiger partial charge in [0.2, 0.25) is 0 Å². The summed E-state index contributed by atoms with van der Waals surface area (Å²) >= 11 is 0. The van der Waals surface area contributed by atoms with Crippen molar-refractivity contribution in [2.24, 2.45) is 17.3 Å². The molecule has 0 heteroatoms. The number of allylic oxidation sites excluding steroid dienone is 3. The van der Waals surface area contributed by atoms with Crippen LogP contribution in [0.1, 0.15) is 33.6 Å². The molecule has 68 valence electrons. The van der Waals surface area contributed by atoms with Crippen molar-refractivity contribution in [3.63, 3.8) is 0 Å². The lowest BCUT2D eigenvalue weighted by atomic mass is 9.90. The zero-order chi connectivity index (χ0) is 9.19. The van der Waals surface area contributed by atoms with Crippen molar-refractivity contribution in [1.82, 2.24) is 0 Å². The third kappa shape index (κ3) is 1.63. The Balaban J connectivity index is 2.47. The topological polar surface area (TPSA) is 0 Å². The maximum Gasteiger partial charge on any atom is -0.0168 e. The Morgan fingerprint density at radius 1 is 1.67 bits per heavy atom. The summed E-state index contributed by atoms with van der Waals surface area (Å²) in [6.45, 7) is 10.7. The smallest absolute Gasteiger partial charge is 0.0168 e. The summed E-state index contributed by atoms with van der Waals surface area (Å²) in [5.74, 6) is 1.47. The van der Waals surface area contributed by atoms with Crippen molar-refractivity contribution in [3.8, 4) is 0 Å². The molecule has 1 aliphatic carbocycles. The van der Waals surface area contributed by atoms with E-state index in [9.17, 15) is 0 Å². The molecule has 0 spiro atoms. The van der Waals surface area contributed by atoms with Crippen LogP contribution in [-0.2, 0) is 0 Å². The van der Waals surface area contributed by atoms with Gasteiger partial charge in [-0.3, -0.25) is 0 Å². The van der Waals surface area contributed by atoms with Gasteiger partial charge < -0.3 is 0 Å². The molecule has 12 heavy (non-hydrogen) atoms. The Bertz CT molecular complexity index is 190. The molecule has 1 saturated carbocycles. The third-order valence-corrected chi connectivity index (χ3v) is 3.34. The minimum absolute atomic E-state index is 0.521. The SMILES string of the molecule is C=CC(C)C1(C)CC1C=CCC. The van der Waals surface area contributed by atoms with Crippen molar-refractivity contribution < 1.29 is 0 Å². The zero-order valence-electron chi connectivity index (χ0n) is 8.51. The van der Waals surface area contributed by atoms with E-state index in [-0.39, 0.29) is 0 Å². The van der Waals surface area contributed by atoms with E-state index < -0.39 is 0 Å². The number of hydrogen-bond donors (Lipinski definition) is 0. The van der Waals surface area contributed by atoms with Crippen LogP contribution in [0.3, 0.4) is 0 Å². The average molecular weight is 164 g/mol. The van der Waals surface area contributed by atoms with E-state index in [0.29, 0.717) is 11.3 Å². The van der Waals surface area contributed by atoms with E-state index >= 15 is 0 Å². The Labute approximate surface area is 76.4 Å². The van der Waals surface area contributed by atoms with Gasteiger partial charge >= 0.3 is 0 Å². The molecule has 0 bridgehead atoms. The quantitative estimate of drug-likeness (QED) is 0.554. The monoisotopic (exact) mass is 164 g/mol.